The molecule has 2 atom stereocenters. The quantitative estimate of drug-likeness (QED) is 0.238. The lowest BCUT2D eigenvalue weighted by Crippen LogP contribution is -2.54. The number of amides is 4. The molecule has 4 amide bonds. The van der Waals surface area contributed by atoms with Crippen LogP contribution in [0.25, 0.3) is 22.4 Å². The minimum atomic E-state index is -4.97. The van der Waals surface area contributed by atoms with Gasteiger partial charge in [0.25, 0.3) is 0 Å². The van der Waals surface area contributed by atoms with Crippen LogP contribution in [0.4, 0.5) is 28.4 Å². The molecule has 17 heteroatoms. The number of rotatable bonds is 8. The van der Waals surface area contributed by atoms with Gasteiger partial charge in [-0.3, -0.25) is 9.69 Å². The highest BCUT2D eigenvalue weighted by Crippen LogP contribution is 2.39. The van der Waals surface area contributed by atoms with Gasteiger partial charge in [-0.15, -0.1) is 13.2 Å². The van der Waals surface area contributed by atoms with Crippen LogP contribution in [0.5, 0.6) is 5.75 Å². The van der Waals surface area contributed by atoms with Crippen molar-refractivity contribution in [2.45, 2.75) is 44.6 Å². The molecule has 2 aromatic carbocycles. The van der Waals surface area contributed by atoms with Gasteiger partial charge in [-0.25, -0.2) is 14.6 Å². The molecule has 0 saturated carbocycles. The fourth-order valence-electron chi connectivity index (χ4n) is 7.14. The molecule has 280 valence electrons. The fourth-order valence-corrected chi connectivity index (χ4v) is 7.39. The third kappa shape index (κ3) is 8.90. The fraction of sp³-hybridized carbons (Fsp3) is 0.486. The molecule has 2 unspecified atom stereocenters. The number of alkyl carbamates (subject to hydrolysis) is 1. The number of aromatic nitrogens is 2. The molecule has 3 aromatic rings. The Morgan fingerprint density at radius 2 is 1.71 bits per heavy atom. The molecule has 1 aromatic heterocycles. The molecule has 52 heavy (non-hydrogen) atoms. The zero-order chi connectivity index (χ0) is 37.0. The van der Waals surface area contributed by atoms with Crippen LogP contribution in [0.3, 0.4) is 0 Å². The number of benzene rings is 2. The van der Waals surface area contributed by atoms with E-state index in [2.05, 4.69) is 35.3 Å². The van der Waals surface area contributed by atoms with E-state index in [1.54, 1.807) is 40.1 Å². The maximum Gasteiger partial charge on any atom is 0.573 e. The molecular weight excluding hydrogens is 705 g/mol. The largest absolute Gasteiger partial charge is 0.573 e. The lowest BCUT2D eigenvalue weighted by atomic mass is 10.0. The number of methoxy groups -OCH3 is 1. The average molecular weight is 747 g/mol. The zero-order valence-electron chi connectivity index (χ0n) is 28.9. The number of halogens is 4. The number of piperazine rings is 1. The van der Waals surface area contributed by atoms with Crippen molar-refractivity contribution < 1.29 is 37.0 Å². The molecule has 3 saturated heterocycles. The van der Waals surface area contributed by atoms with Crippen molar-refractivity contribution in [1.29, 1.82) is 0 Å². The average Bonchev–Trinajstić information content (AvgIpc) is 3.72. The van der Waals surface area contributed by atoms with Crippen LogP contribution in [0, 0.1) is 5.92 Å². The van der Waals surface area contributed by atoms with Gasteiger partial charge in [-0.05, 0) is 56.0 Å². The van der Waals surface area contributed by atoms with Gasteiger partial charge < -0.3 is 40.2 Å². The second-order valence-electron chi connectivity index (χ2n) is 13.3. The van der Waals surface area contributed by atoms with Crippen LogP contribution >= 0.6 is 11.6 Å². The summed E-state index contributed by atoms with van der Waals surface area (Å²) in [6.45, 7) is 6.75. The SMILES string of the molecule is COC(=O)NCC(=O)N1CC(C)CC1c1nc(-c2ccc(-c3ccc(NC(=O)N4CCN(C5CCNCC5)CC4)cc3OC(F)(F)F)cc2)c(Cl)[nH]1. The van der Waals surface area contributed by atoms with E-state index in [4.69, 9.17) is 16.6 Å². The highest BCUT2D eigenvalue weighted by Gasteiger charge is 2.37. The van der Waals surface area contributed by atoms with Crippen LogP contribution in [-0.2, 0) is 9.53 Å². The molecule has 0 bridgehead atoms. The van der Waals surface area contributed by atoms with E-state index in [1.165, 1.54) is 19.2 Å². The Hall–Kier alpha value is -4.54. The molecule has 0 radical (unpaired) electrons. The third-order valence-corrected chi connectivity index (χ3v) is 10.0. The van der Waals surface area contributed by atoms with Crippen LogP contribution in [0.15, 0.2) is 42.5 Å². The molecule has 3 fully saturated rings. The van der Waals surface area contributed by atoms with E-state index in [0.717, 1.165) is 39.0 Å². The first-order valence-electron chi connectivity index (χ1n) is 17.3. The van der Waals surface area contributed by atoms with Crippen LogP contribution in [0.2, 0.25) is 5.15 Å². The predicted octanol–water partition coefficient (Wildman–Crippen LogP) is 5.46. The highest BCUT2D eigenvalue weighted by molar-refractivity contribution is 6.31. The molecule has 0 aliphatic carbocycles. The molecule has 3 aliphatic heterocycles. The summed E-state index contributed by atoms with van der Waals surface area (Å²) in [6.07, 6.45) is -2.91. The summed E-state index contributed by atoms with van der Waals surface area (Å²) < 4.78 is 49.7. The summed E-state index contributed by atoms with van der Waals surface area (Å²) in [5, 5.41) is 8.74. The van der Waals surface area contributed by atoms with Crippen molar-refractivity contribution in [3.8, 4) is 28.1 Å². The van der Waals surface area contributed by atoms with Crippen LogP contribution in [0.1, 0.15) is 38.1 Å². The van der Waals surface area contributed by atoms with E-state index in [9.17, 15) is 27.6 Å². The maximum atomic E-state index is 13.6. The lowest BCUT2D eigenvalue weighted by Gasteiger charge is -2.40. The summed E-state index contributed by atoms with van der Waals surface area (Å²) in [6, 6.07) is 10.5. The van der Waals surface area contributed by atoms with Gasteiger partial charge >= 0.3 is 18.5 Å². The van der Waals surface area contributed by atoms with Crippen LogP contribution in [-0.4, -0.2) is 115 Å². The predicted molar refractivity (Wildman–Crippen MR) is 188 cm³/mol. The summed E-state index contributed by atoms with van der Waals surface area (Å²) in [7, 11) is 1.21. The number of H-pyrrole nitrogens is 1. The van der Waals surface area contributed by atoms with E-state index in [1.807, 2.05) is 6.92 Å². The van der Waals surface area contributed by atoms with Gasteiger partial charge in [0.2, 0.25) is 5.91 Å². The Labute approximate surface area is 304 Å². The highest BCUT2D eigenvalue weighted by atomic mass is 35.5. The van der Waals surface area contributed by atoms with Gasteiger partial charge in [0.05, 0.1) is 13.2 Å². The van der Waals surface area contributed by atoms with Gasteiger partial charge in [-0.2, -0.15) is 0 Å². The second-order valence-corrected chi connectivity index (χ2v) is 13.7. The Kier molecular flexibility index (Phi) is 11.5. The minimum Gasteiger partial charge on any atom is -0.453 e. The van der Waals surface area contributed by atoms with E-state index >= 15 is 0 Å². The number of piperidine rings is 1. The van der Waals surface area contributed by atoms with E-state index < -0.39 is 24.2 Å². The number of alkyl halides is 3. The van der Waals surface area contributed by atoms with Crippen molar-refractivity contribution in [1.82, 2.24) is 35.3 Å². The van der Waals surface area contributed by atoms with Crippen molar-refractivity contribution in [3.63, 3.8) is 0 Å². The molecule has 0 spiro atoms. The monoisotopic (exact) mass is 746 g/mol. The lowest BCUT2D eigenvalue weighted by molar-refractivity contribution is -0.274. The Bertz CT molecular complexity index is 1740. The number of imidazole rings is 1. The Morgan fingerprint density at radius 3 is 2.38 bits per heavy atom. The number of carbonyl (C=O) groups is 3. The Morgan fingerprint density at radius 1 is 1.02 bits per heavy atom. The molecular formula is C35H42ClF3N8O5. The molecule has 3 aliphatic rings. The summed E-state index contributed by atoms with van der Waals surface area (Å²) in [5.74, 6) is -0.115. The summed E-state index contributed by atoms with van der Waals surface area (Å²) in [5.41, 5.74) is 1.78. The van der Waals surface area contributed by atoms with Gasteiger partial charge in [0, 0.05) is 61.6 Å². The van der Waals surface area contributed by atoms with Crippen molar-refractivity contribution in [2.24, 2.45) is 5.92 Å². The van der Waals surface area contributed by atoms with E-state index in [-0.39, 0.29) is 40.8 Å². The molecule has 13 nitrogen and oxygen atoms in total. The summed E-state index contributed by atoms with van der Waals surface area (Å²) in [4.78, 5) is 51.0. The molecule has 4 heterocycles. The van der Waals surface area contributed by atoms with Crippen molar-refractivity contribution >= 4 is 35.3 Å². The third-order valence-electron chi connectivity index (χ3n) is 9.75. The Balaban J connectivity index is 1.15. The van der Waals surface area contributed by atoms with Crippen molar-refractivity contribution in [3.05, 3.63) is 53.4 Å². The number of nitrogens with zero attached hydrogens (tertiary/aromatic N) is 4. The standard InChI is InChI=1S/C35H42ClF3N8O5/c1-21-17-27(47(20-21)29(48)19-41-34(50)51-2)32-43-30(31(36)44-32)23-5-3-22(4-6-23)26-8-7-24(18-28(26)52-35(37,38)39)42-33(49)46-15-13-45(14-16-46)25-9-11-40-12-10-25/h3-8,18,21,25,27,40H,9-17,19-20H2,1-2H3,(H,41,50)(H,42,49)(H,43,44). The smallest absolute Gasteiger partial charge is 0.453 e. The van der Waals surface area contributed by atoms with E-state index in [0.29, 0.717) is 54.7 Å². The van der Waals surface area contributed by atoms with Gasteiger partial charge in [0.15, 0.2) is 0 Å². The number of ether oxygens (including phenoxy) is 2. The number of carbonyl (C=O) groups excluding carboxylic acids is 3. The number of likely N-dealkylation sites (tertiary alicyclic amines) is 1. The minimum absolute atomic E-state index is 0.168. The van der Waals surface area contributed by atoms with Crippen LogP contribution < -0.4 is 20.7 Å². The first-order chi connectivity index (χ1) is 24.9. The topological polar surface area (TPSA) is 144 Å². The first-order valence-corrected chi connectivity index (χ1v) is 17.6. The van der Waals surface area contributed by atoms with Gasteiger partial charge in [0.1, 0.15) is 29.0 Å². The normalized spacial score (nSPS) is 20.1. The second kappa shape index (κ2) is 16.0. The van der Waals surface area contributed by atoms with Gasteiger partial charge in [-0.1, -0.05) is 42.8 Å². The number of hydrogen-bond acceptors (Lipinski definition) is 8. The van der Waals surface area contributed by atoms with Crippen molar-refractivity contribution in [2.75, 3.05) is 64.8 Å². The number of hydrogen-bond donors (Lipinski definition) is 4. The maximum absolute atomic E-state index is 13.6. The number of urea groups is 1. The number of aromatic amines is 1. The molecule has 6 rings (SSSR count). The zero-order valence-corrected chi connectivity index (χ0v) is 29.6. The number of nitrogens with one attached hydrogen (secondary N) is 4. The summed E-state index contributed by atoms with van der Waals surface area (Å²) >= 11 is 6.57. The first kappa shape index (κ1) is 37.2. The number of anilines is 1. The molecule has 4 N–H and O–H groups in total.